The van der Waals surface area contributed by atoms with Crippen LogP contribution in [-0.2, 0) is 26.1 Å². The lowest BCUT2D eigenvalue weighted by Crippen LogP contribution is -2.26. The zero-order valence-electron chi connectivity index (χ0n) is 14.8. The fraction of sp³-hybridized carbons (Fsp3) is 0.316. The number of carbonyl (C=O) groups excluding carboxylic acids is 1. The number of amides is 1. The molecule has 0 bridgehead atoms. The molecule has 0 saturated heterocycles. The average Bonchev–Trinajstić information content (AvgIpc) is 2.67. The molecule has 0 aliphatic heterocycles. The van der Waals surface area contributed by atoms with Gasteiger partial charge in [0.15, 0.2) is 0 Å². The number of hydrogen-bond donors (Lipinski definition) is 1. The van der Waals surface area contributed by atoms with Crippen LogP contribution in [0.2, 0.25) is 0 Å². The maximum absolute atomic E-state index is 12.7. The van der Waals surface area contributed by atoms with Crippen molar-refractivity contribution in [3.8, 4) is 0 Å². The molecule has 26 heavy (non-hydrogen) atoms. The molecular formula is C19H22N2O4S. The molecule has 1 atom stereocenters. The molecule has 1 amide bonds. The third-order valence-corrected chi connectivity index (χ3v) is 6.40. The highest BCUT2D eigenvalue weighted by atomic mass is 32.2. The van der Waals surface area contributed by atoms with Crippen LogP contribution in [0.4, 0.5) is 5.69 Å². The van der Waals surface area contributed by atoms with Crippen molar-refractivity contribution in [1.29, 1.82) is 0 Å². The first-order chi connectivity index (χ1) is 12.4. The van der Waals surface area contributed by atoms with Gasteiger partial charge in [0.2, 0.25) is 5.91 Å². The second kappa shape index (κ2) is 7.57. The molecule has 0 aromatic heterocycles. The van der Waals surface area contributed by atoms with Gasteiger partial charge in [-0.05, 0) is 54.7 Å². The van der Waals surface area contributed by atoms with Crippen LogP contribution in [0.3, 0.4) is 0 Å². The van der Waals surface area contributed by atoms with Crippen LogP contribution >= 0.6 is 0 Å². The van der Waals surface area contributed by atoms with Crippen LogP contribution in [0, 0.1) is 0 Å². The molecule has 0 heterocycles. The second-order valence-electron chi connectivity index (χ2n) is 6.25. The third kappa shape index (κ3) is 3.65. The van der Waals surface area contributed by atoms with Crippen molar-refractivity contribution in [2.75, 3.05) is 19.5 Å². The summed E-state index contributed by atoms with van der Waals surface area (Å²) in [6.45, 7) is 0. The molecule has 0 fully saturated rings. The fourth-order valence-electron chi connectivity index (χ4n) is 3.21. The summed E-state index contributed by atoms with van der Waals surface area (Å²) in [6.07, 6.45) is 2.79. The highest BCUT2D eigenvalue weighted by molar-refractivity contribution is 7.89. The summed E-state index contributed by atoms with van der Waals surface area (Å²) in [6, 6.07) is 14.1. The van der Waals surface area contributed by atoms with E-state index in [9.17, 15) is 13.2 Å². The van der Waals surface area contributed by atoms with Gasteiger partial charge in [0, 0.05) is 12.7 Å². The summed E-state index contributed by atoms with van der Waals surface area (Å²) in [5, 5.41) is 2.90. The smallest absolute Gasteiger partial charge is 0.264 e. The topological polar surface area (TPSA) is 75.7 Å². The molecule has 0 radical (unpaired) electrons. The normalized spacial score (nSPS) is 17.0. The van der Waals surface area contributed by atoms with Gasteiger partial charge >= 0.3 is 0 Å². The zero-order valence-corrected chi connectivity index (χ0v) is 15.6. The quantitative estimate of drug-likeness (QED) is 0.817. The molecule has 1 N–H and O–H groups in total. The Bertz CT molecular complexity index is 894. The fourth-order valence-corrected chi connectivity index (χ4v) is 4.19. The van der Waals surface area contributed by atoms with Crippen molar-refractivity contribution in [3.63, 3.8) is 0 Å². The predicted molar refractivity (Wildman–Crippen MR) is 99.2 cm³/mol. The number of carbonyl (C=O) groups is 1. The van der Waals surface area contributed by atoms with Gasteiger partial charge < -0.3 is 5.32 Å². The molecular weight excluding hydrogens is 352 g/mol. The SMILES string of the molecule is CON(C)S(=O)(=O)c1ccc(NC(=O)C2CCCc3ccccc32)cc1. The highest BCUT2D eigenvalue weighted by Gasteiger charge is 2.26. The maximum Gasteiger partial charge on any atom is 0.264 e. The maximum atomic E-state index is 12.7. The van der Waals surface area contributed by atoms with E-state index in [2.05, 4.69) is 11.4 Å². The number of rotatable bonds is 5. The summed E-state index contributed by atoms with van der Waals surface area (Å²) in [5.74, 6) is -0.246. The van der Waals surface area contributed by atoms with Gasteiger partial charge in [-0.1, -0.05) is 28.7 Å². The Kier molecular flexibility index (Phi) is 5.41. The van der Waals surface area contributed by atoms with Gasteiger partial charge in [-0.2, -0.15) is 0 Å². The number of sulfonamides is 1. The summed E-state index contributed by atoms with van der Waals surface area (Å²) < 4.78 is 25.2. The molecule has 0 spiro atoms. The Balaban J connectivity index is 1.75. The van der Waals surface area contributed by atoms with Crippen molar-refractivity contribution in [1.82, 2.24) is 4.47 Å². The average molecular weight is 374 g/mol. The number of anilines is 1. The number of hydroxylamine groups is 1. The van der Waals surface area contributed by atoms with Gasteiger partial charge in [0.05, 0.1) is 17.9 Å². The Morgan fingerprint density at radius 2 is 1.85 bits per heavy atom. The van der Waals surface area contributed by atoms with Crippen LogP contribution in [0.5, 0.6) is 0 Å². The molecule has 6 nitrogen and oxygen atoms in total. The van der Waals surface area contributed by atoms with Crippen LogP contribution < -0.4 is 5.32 Å². The van der Waals surface area contributed by atoms with E-state index < -0.39 is 10.0 Å². The monoisotopic (exact) mass is 374 g/mol. The molecule has 1 aliphatic carbocycles. The standard InChI is InChI=1S/C19H22N2O4S/c1-21(25-2)26(23,24)16-12-10-15(11-13-16)20-19(22)18-9-5-7-14-6-3-4-8-17(14)18/h3-4,6,8,10-13,18H,5,7,9H2,1-2H3,(H,20,22). The minimum atomic E-state index is -3.70. The van der Waals surface area contributed by atoms with E-state index in [-0.39, 0.29) is 16.7 Å². The van der Waals surface area contributed by atoms with Crippen molar-refractivity contribution >= 4 is 21.6 Å². The number of nitrogens with zero attached hydrogens (tertiary/aromatic N) is 1. The van der Waals surface area contributed by atoms with Crippen molar-refractivity contribution in [3.05, 3.63) is 59.7 Å². The van der Waals surface area contributed by atoms with Gasteiger partial charge in [0.25, 0.3) is 10.0 Å². The molecule has 138 valence electrons. The predicted octanol–water partition coefficient (Wildman–Crippen LogP) is 2.93. The Morgan fingerprint density at radius 1 is 1.15 bits per heavy atom. The second-order valence-corrected chi connectivity index (χ2v) is 8.19. The lowest BCUT2D eigenvalue weighted by Gasteiger charge is -2.24. The molecule has 3 rings (SSSR count). The molecule has 1 unspecified atom stereocenters. The first-order valence-electron chi connectivity index (χ1n) is 8.45. The lowest BCUT2D eigenvalue weighted by atomic mass is 9.82. The van der Waals surface area contributed by atoms with E-state index in [4.69, 9.17) is 4.84 Å². The number of fused-ring (bicyclic) bond motifs is 1. The number of hydrogen-bond acceptors (Lipinski definition) is 4. The Hall–Kier alpha value is -2.22. The van der Waals surface area contributed by atoms with E-state index in [0.717, 1.165) is 29.3 Å². The van der Waals surface area contributed by atoms with E-state index in [1.165, 1.54) is 31.9 Å². The Labute approximate surface area is 153 Å². The number of aryl methyl sites for hydroxylation is 1. The van der Waals surface area contributed by atoms with Crippen LogP contribution in [0.25, 0.3) is 0 Å². The number of benzene rings is 2. The van der Waals surface area contributed by atoms with Crippen LogP contribution in [0.1, 0.15) is 29.9 Å². The zero-order chi connectivity index (χ0) is 18.7. The molecule has 2 aromatic rings. The van der Waals surface area contributed by atoms with Crippen molar-refractivity contribution in [2.24, 2.45) is 0 Å². The number of nitrogens with one attached hydrogen (secondary N) is 1. The van der Waals surface area contributed by atoms with E-state index in [1.54, 1.807) is 12.1 Å². The Morgan fingerprint density at radius 3 is 2.54 bits per heavy atom. The minimum Gasteiger partial charge on any atom is -0.326 e. The van der Waals surface area contributed by atoms with Crippen molar-refractivity contribution in [2.45, 2.75) is 30.1 Å². The summed E-state index contributed by atoms with van der Waals surface area (Å²) in [5.41, 5.74) is 2.87. The van der Waals surface area contributed by atoms with Gasteiger partial charge in [-0.3, -0.25) is 9.63 Å². The first kappa shape index (κ1) is 18.6. The van der Waals surface area contributed by atoms with Crippen LogP contribution in [0.15, 0.2) is 53.4 Å². The minimum absolute atomic E-state index is 0.0678. The van der Waals surface area contributed by atoms with Crippen molar-refractivity contribution < 1.29 is 18.0 Å². The summed E-state index contributed by atoms with van der Waals surface area (Å²) in [7, 11) is -1.09. The van der Waals surface area contributed by atoms with Gasteiger partial charge in [-0.15, -0.1) is 0 Å². The molecule has 1 aliphatic rings. The van der Waals surface area contributed by atoms with E-state index in [0.29, 0.717) is 5.69 Å². The third-order valence-electron chi connectivity index (χ3n) is 4.70. The molecule has 2 aromatic carbocycles. The largest absolute Gasteiger partial charge is 0.326 e. The van der Waals surface area contributed by atoms with Gasteiger partial charge in [0.1, 0.15) is 0 Å². The van der Waals surface area contributed by atoms with E-state index >= 15 is 0 Å². The first-order valence-corrected chi connectivity index (χ1v) is 9.89. The summed E-state index contributed by atoms with van der Waals surface area (Å²) in [4.78, 5) is 17.6. The summed E-state index contributed by atoms with van der Waals surface area (Å²) >= 11 is 0. The van der Waals surface area contributed by atoms with Gasteiger partial charge in [-0.25, -0.2) is 8.42 Å². The highest BCUT2D eigenvalue weighted by Crippen LogP contribution is 2.32. The van der Waals surface area contributed by atoms with Crippen LogP contribution in [-0.4, -0.2) is 33.0 Å². The molecule has 0 saturated carbocycles. The van der Waals surface area contributed by atoms with E-state index in [1.807, 2.05) is 18.2 Å². The molecule has 7 heteroatoms. The lowest BCUT2D eigenvalue weighted by molar-refractivity contribution is -0.117.